The first-order chi connectivity index (χ1) is 8.70. The van der Waals surface area contributed by atoms with Gasteiger partial charge in [-0.2, -0.15) is 5.10 Å². The third-order valence-electron chi connectivity index (χ3n) is 3.98. The fraction of sp³-hybridized carbons (Fsp3) is 0.750. The van der Waals surface area contributed by atoms with Gasteiger partial charge in [0.15, 0.2) is 10.6 Å². The van der Waals surface area contributed by atoms with Crippen LogP contribution in [0.1, 0.15) is 32.0 Å². The SMILES string of the molecule is CCn1c(CNC(=O)[C@@H]2C[C@@H]2C2CC2)n[nH]c1=S. The molecule has 1 heterocycles. The van der Waals surface area contributed by atoms with E-state index in [0.29, 0.717) is 17.2 Å². The maximum absolute atomic E-state index is 11.9. The fourth-order valence-corrected chi connectivity index (χ4v) is 2.95. The Morgan fingerprint density at radius 3 is 3.06 bits per heavy atom. The summed E-state index contributed by atoms with van der Waals surface area (Å²) in [6, 6.07) is 0. The van der Waals surface area contributed by atoms with Gasteiger partial charge in [0.05, 0.1) is 6.54 Å². The molecule has 0 aliphatic heterocycles. The largest absolute Gasteiger partial charge is 0.349 e. The van der Waals surface area contributed by atoms with Crippen LogP contribution in [0.4, 0.5) is 0 Å². The average Bonchev–Trinajstić information content (AvgIpc) is 3.23. The molecule has 0 aromatic carbocycles. The minimum atomic E-state index is 0.184. The lowest BCUT2D eigenvalue weighted by molar-refractivity contribution is -0.122. The number of aromatic nitrogens is 3. The number of rotatable bonds is 5. The highest BCUT2D eigenvalue weighted by molar-refractivity contribution is 7.71. The Balaban J connectivity index is 1.54. The fourth-order valence-electron chi connectivity index (χ4n) is 2.67. The van der Waals surface area contributed by atoms with Crippen LogP contribution in [-0.4, -0.2) is 20.7 Å². The second-order valence-corrected chi connectivity index (χ2v) is 5.64. The summed E-state index contributed by atoms with van der Waals surface area (Å²) in [7, 11) is 0. The van der Waals surface area contributed by atoms with Crippen LogP contribution in [0.2, 0.25) is 0 Å². The van der Waals surface area contributed by atoms with Gasteiger partial charge < -0.3 is 9.88 Å². The van der Waals surface area contributed by atoms with Crippen molar-refractivity contribution in [1.29, 1.82) is 0 Å². The highest BCUT2D eigenvalue weighted by Crippen LogP contribution is 2.54. The maximum atomic E-state index is 11.9. The summed E-state index contributed by atoms with van der Waals surface area (Å²) in [4.78, 5) is 11.9. The first-order valence-electron chi connectivity index (χ1n) is 6.62. The van der Waals surface area contributed by atoms with Crippen LogP contribution in [0.3, 0.4) is 0 Å². The maximum Gasteiger partial charge on any atom is 0.223 e. The molecule has 1 aromatic heterocycles. The Bertz CT molecular complexity index is 516. The molecule has 0 saturated heterocycles. The van der Waals surface area contributed by atoms with Gasteiger partial charge in [0.1, 0.15) is 0 Å². The van der Waals surface area contributed by atoms with Crippen LogP contribution in [-0.2, 0) is 17.9 Å². The molecule has 1 amide bonds. The van der Waals surface area contributed by atoms with E-state index in [-0.39, 0.29) is 11.8 Å². The quantitative estimate of drug-likeness (QED) is 0.796. The van der Waals surface area contributed by atoms with Crippen LogP contribution < -0.4 is 5.32 Å². The molecule has 5 nitrogen and oxygen atoms in total. The van der Waals surface area contributed by atoms with Gasteiger partial charge in [-0.1, -0.05) is 0 Å². The Kier molecular flexibility index (Phi) is 2.97. The zero-order chi connectivity index (χ0) is 12.7. The van der Waals surface area contributed by atoms with Crippen molar-refractivity contribution in [1.82, 2.24) is 20.1 Å². The number of carbonyl (C=O) groups is 1. The van der Waals surface area contributed by atoms with Gasteiger partial charge in [-0.25, -0.2) is 0 Å². The first kappa shape index (κ1) is 11.9. The van der Waals surface area contributed by atoms with Crippen molar-refractivity contribution >= 4 is 18.1 Å². The number of hydrogen-bond donors (Lipinski definition) is 2. The van der Waals surface area contributed by atoms with Gasteiger partial charge in [-0.05, 0) is 50.2 Å². The van der Waals surface area contributed by atoms with Gasteiger partial charge in [-0.15, -0.1) is 0 Å². The highest BCUT2D eigenvalue weighted by Gasteiger charge is 2.50. The predicted molar refractivity (Wildman–Crippen MR) is 69.3 cm³/mol. The zero-order valence-electron chi connectivity index (χ0n) is 10.5. The zero-order valence-corrected chi connectivity index (χ0v) is 11.3. The number of hydrogen-bond acceptors (Lipinski definition) is 3. The number of H-pyrrole nitrogens is 1. The molecule has 2 saturated carbocycles. The molecule has 0 unspecified atom stereocenters. The first-order valence-corrected chi connectivity index (χ1v) is 7.03. The molecule has 18 heavy (non-hydrogen) atoms. The molecular weight excluding hydrogens is 248 g/mol. The Morgan fingerprint density at radius 2 is 2.39 bits per heavy atom. The van der Waals surface area contributed by atoms with E-state index in [9.17, 15) is 4.79 Å². The summed E-state index contributed by atoms with van der Waals surface area (Å²) in [5, 5.41) is 9.87. The van der Waals surface area contributed by atoms with E-state index in [0.717, 1.165) is 24.7 Å². The van der Waals surface area contributed by atoms with E-state index < -0.39 is 0 Å². The van der Waals surface area contributed by atoms with Crippen molar-refractivity contribution < 1.29 is 4.79 Å². The van der Waals surface area contributed by atoms with Crippen LogP contribution in [0.25, 0.3) is 0 Å². The molecule has 98 valence electrons. The van der Waals surface area contributed by atoms with Gasteiger partial charge in [-0.3, -0.25) is 9.89 Å². The number of nitrogens with zero attached hydrogens (tertiary/aromatic N) is 2. The van der Waals surface area contributed by atoms with Crippen molar-refractivity contribution in [3.8, 4) is 0 Å². The monoisotopic (exact) mass is 266 g/mol. The molecule has 0 bridgehead atoms. The number of carbonyl (C=O) groups excluding carboxylic acids is 1. The van der Waals surface area contributed by atoms with Crippen LogP contribution in [0, 0.1) is 22.5 Å². The van der Waals surface area contributed by atoms with Crippen LogP contribution >= 0.6 is 12.2 Å². The van der Waals surface area contributed by atoms with E-state index in [4.69, 9.17) is 12.2 Å². The van der Waals surface area contributed by atoms with E-state index >= 15 is 0 Å². The molecular formula is C12H18N4OS. The lowest BCUT2D eigenvalue weighted by Crippen LogP contribution is -2.26. The van der Waals surface area contributed by atoms with Crippen molar-refractivity contribution in [3.05, 3.63) is 10.6 Å². The molecule has 2 aliphatic rings. The smallest absolute Gasteiger partial charge is 0.223 e. The number of nitrogens with one attached hydrogen (secondary N) is 2. The standard InChI is InChI=1S/C12H18N4OS/c1-2-16-10(14-15-12(16)18)6-13-11(17)9-5-8(9)7-3-4-7/h7-9H,2-6H2,1H3,(H,13,17)(H,15,18)/t8-,9-/m1/s1. The van der Waals surface area contributed by atoms with Crippen molar-refractivity contribution in [3.63, 3.8) is 0 Å². The molecule has 3 rings (SSSR count). The summed E-state index contributed by atoms with van der Waals surface area (Å²) in [6.45, 7) is 3.25. The number of amides is 1. The van der Waals surface area contributed by atoms with E-state index in [1.54, 1.807) is 0 Å². The van der Waals surface area contributed by atoms with Crippen molar-refractivity contribution in [2.24, 2.45) is 17.8 Å². The molecule has 0 spiro atoms. The molecule has 2 aliphatic carbocycles. The second-order valence-electron chi connectivity index (χ2n) is 5.25. The minimum Gasteiger partial charge on any atom is -0.349 e. The van der Waals surface area contributed by atoms with Gasteiger partial charge in [0.25, 0.3) is 0 Å². The summed E-state index contributed by atoms with van der Waals surface area (Å²) in [6.07, 6.45) is 3.73. The third-order valence-corrected chi connectivity index (χ3v) is 4.29. The van der Waals surface area contributed by atoms with Gasteiger partial charge in [0.2, 0.25) is 5.91 Å². The van der Waals surface area contributed by atoms with Crippen LogP contribution in [0.5, 0.6) is 0 Å². The lowest BCUT2D eigenvalue weighted by Gasteiger charge is -2.05. The Hall–Kier alpha value is -1.17. The summed E-state index contributed by atoms with van der Waals surface area (Å²) in [5.74, 6) is 2.75. The van der Waals surface area contributed by atoms with Gasteiger partial charge in [0, 0.05) is 12.5 Å². The van der Waals surface area contributed by atoms with Crippen molar-refractivity contribution in [2.75, 3.05) is 0 Å². The third kappa shape index (κ3) is 2.21. The second kappa shape index (κ2) is 4.50. The van der Waals surface area contributed by atoms with Crippen molar-refractivity contribution in [2.45, 2.75) is 39.3 Å². The van der Waals surface area contributed by atoms with E-state index in [1.807, 2.05) is 11.5 Å². The molecule has 0 radical (unpaired) electrons. The summed E-state index contributed by atoms with van der Waals surface area (Å²) < 4.78 is 2.52. The molecule has 2 atom stereocenters. The predicted octanol–water partition coefficient (Wildman–Crippen LogP) is 1.62. The molecule has 2 N–H and O–H groups in total. The summed E-state index contributed by atoms with van der Waals surface area (Å²) >= 11 is 5.11. The normalized spacial score (nSPS) is 26.1. The molecule has 1 aromatic rings. The molecule has 2 fully saturated rings. The van der Waals surface area contributed by atoms with Crippen LogP contribution in [0.15, 0.2) is 0 Å². The van der Waals surface area contributed by atoms with E-state index in [1.165, 1.54) is 12.8 Å². The summed E-state index contributed by atoms with van der Waals surface area (Å²) in [5.41, 5.74) is 0. The highest BCUT2D eigenvalue weighted by atomic mass is 32.1. The molecule has 6 heteroatoms. The average molecular weight is 266 g/mol. The number of aromatic amines is 1. The minimum absolute atomic E-state index is 0.184. The Morgan fingerprint density at radius 1 is 1.61 bits per heavy atom. The lowest BCUT2D eigenvalue weighted by atomic mass is 10.2. The van der Waals surface area contributed by atoms with E-state index in [2.05, 4.69) is 15.5 Å². The Labute approximate surface area is 111 Å². The topological polar surface area (TPSA) is 62.7 Å². The van der Waals surface area contributed by atoms with Gasteiger partial charge >= 0.3 is 0 Å².